The molecule has 0 aliphatic carbocycles. The number of aryl methyl sites for hydroxylation is 1. The molecule has 5 rings (SSSR count). The van der Waals surface area contributed by atoms with Gasteiger partial charge in [-0.05, 0) is 64.7 Å². The molecule has 172 valence electrons. The van der Waals surface area contributed by atoms with Crippen molar-refractivity contribution in [3.05, 3.63) is 107 Å². The first-order valence-corrected chi connectivity index (χ1v) is 12.2. The lowest BCUT2D eigenvalue weighted by molar-refractivity contribution is 0.652. The molecular formula is C27H23N7S. The van der Waals surface area contributed by atoms with E-state index in [1.807, 2.05) is 29.1 Å². The van der Waals surface area contributed by atoms with Gasteiger partial charge in [0, 0.05) is 5.75 Å². The topological polar surface area (TPSA) is 85.2 Å². The van der Waals surface area contributed by atoms with E-state index in [0.29, 0.717) is 17.9 Å². The Labute approximate surface area is 208 Å². The van der Waals surface area contributed by atoms with Crippen molar-refractivity contribution in [2.24, 2.45) is 0 Å². The quantitative estimate of drug-likeness (QED) is 0.294. The highest BCUT2D eigenvalue weighted by atomic mass is 32.2. The van der Waals surface area contributed by atoms with E-state index in [1.54, 1.807) is 28.6 Å². The molecule has 2 heterocycles. The summed E-state index contributed by atoms with van der Waals surface area (Å²) in [4.78, 5) is 0. The molecule has 0 atom stereocenters. The maximum absolute atomic E-state index is 9.08. The van der Waals surface area contributed by atoms with Crippen LogP contribution in [0.5, 0.6) is 0 Å². The minimum absolute atomic E-state index is 0.492. The number of nitrogens with zero attached hydrogens (tertiary/aromatic N) is 7. The third-order valence-electron chi connectivity index (χ3n) is 5.94. The van der Waals surface area contributed by atoms with Gasteiger partial charge in [0.15, 0.2) is 5.82 Å². The van der Waals surface area contributed by atoms with E-state index in [4.69, 9.17) is 10.4 Å². The molecule has 0 bridgehead atoms. The van der Waals surface area contributed by atoms with E-state index >= 15 is 0 Å². The average molecular weight is 478 g/mol. The van der Waals surface area contributed by atoms with Gasteiger partial charge in [-0.2, -0.15) is 10.4 Å². The first kappa shape index (κ1) is 22.6. The lowest BCUT2D eigenvalue weighted by Crippen LogP contribution is -2.06. The normalized spacial score (nSPS) is 10.9. The molecular weight excluding hydrogens is 454 g/mol. The van der Waals surface area contributed by atoms with E-state index in [-0.39, 0.29) is 0 Å². The number of thioether (sulfide) groups is 1. The van der Waals surface area contributed by atoms with Crippen LogP contribution in [-0.2, 0) is 12.3 Å². The Hall–Kier alpha value is -4.22. The SMILES string of the molecule is Cc1cccc(-n2ncc(-c3nnnn3Cc3ccc(C#N)cc3)c2SCc2ccccc2)c1C. The third kappa shape index (κ3) is 4.72. The molecule has 0 fully saturated rings. The van der Waals surface area contributed by atoms with Gasteiger partial charge in [-0.15, -0.1) is 16.9 Å². The molecule has 0 unspecified atom stereocenters. The van der Waals surface area contributed by atoms with Gasteiger partial charge in [-0.3, -0.25) is 0 Å². The van der Waals surface area contributed by atoms with Crippen LogP contribution in [0.15, 0.2) is 84.0 Å². The van der Waals surface area contributed by atoms with Crippen molar-refractivity contribution in [2.45, 2.75) is 31.2 Å². The van der Waals surface area contributed by atoms with Crippen LogP contribution in [-0.4, -0.2) is 30.0 Å². The van der Waals surface area contributed by atoms with E-state index in [2.05, 4.69) is 77.9 Å². The zero-order valence-electron chi connectivity index (χ0n) is 19.5. The Morgan fingerprint density at radius 3 is 2.49 bits per heavy atom. The van der Waals surface area contributed by atoms with Gasteiger partial charge in [0.05, 0.1) is 35.6 Å². The van der Waals surface area contributed by atoms with Crippen LogP contribution >= 0.6 is 11.8 Å². The van der Waals surface area contributed by atoms with E-state index in [9.17, 15) is 0 Å². The molecule has 7 nitrogen and oxygen atoms in total. The zero-order chi connectivity index (χ0) is 24.2. The molecule has 0 saturated heterocycles. The minimum Gasteiger partial charge on any atom is -0.226 e. The summed E-state index contributed by atoms with van der Waals surface area (Å²) in [6.07, 6.45) is 1.84. The Morgan fingerprint density at radius 2 is 1.71 bits per heavy atom. The van der Waals surface area contributed by atoms with E-state index in [1.165, 1.54) is 16.7 Å². The van der Waals surface area contributed by atoms with E-state index in [0.717, 1.165) is 27.6 Å². The van der Waals surface area contributed by atoms with Crippen LogP contribution in [0.2, 0.25) is 0 Å². The van der Waals surface area contributed by atoms with Crippen LogP contribution in [0.25, 0.3) is 17.1 Å². The van der Waals surface area contributed by atoms with Crippen molar-refractivity contribution in [3.63, 3.8) is 0 Å². The van der Waals surface area contributed by atoms with Gasteiger partial charge >= 0.3 is 0 Å². The van der Waals surface area contributed by atoms with Gasteiger partial charge in [0.2, 0.25) is 0 Å². The standard InChI is InChI=1S/C27H23N7S/c1-19-7-6-10-25(20(19)2)34-27(35-18-23-8-4-3-5-9-23)24(16-29-34)26-30-31-32-33(26)17-22-13-11-21(15-28)12-14-22/h3-14,16H,17-18H2,1-2H3. The Kier molecular flexibility index (Phi) is 6.42. The fourth-order valence-corrected chi connectivity index (χ4v) is 4.92. The number of nitriles is 1. The molecule has 3 aromatic carbocycles. The van der Waals surface area contributed by atoms with Crippen LogP contribution < -0.4 is 0 Å². The molecule has 0 saturated carbocycles. The third-order valence-corrected chi connectivity index (χ3v) is 7.08. The predicted octanol–water partition coefficient (Wildman–Crippen LogP) is 5.35. The second-order valence-corrected chi connectivity index (χ2v) is 9.20. The summed E-state index contributed by atoms with van der Waals surface area (Å²) >= 11 is 1.72. The summed E-state index contributed by atoms with van der Waals surface area (Å²) < 4.78 is 3.77. The van der Waals surface area contributed by atoms with Crippen LogP contribution in [0, 0.1) is 25.2 Å². The number of aromatic nitrogens is 6. The molecule has 0 radical (unpaired) electrons. The second-order valence-electron chi connectivity index (χ2n) is 8.24. The average Bonchev–Trinajstić information content (AvgIpc) is 3.52. The van der Waals surface area contributed by atoms with Gasteiger partial charge < -0.3 is 0 Å². The highest BCUT2D eigenvalue weighted by molar-refractivity contribution is 7.98. The lowest BCUT2D eigenvalue weighted by atomic mass is 10.1. The number of benzene rings is 3. The van der Waals surface area contributed by atoms with Gasteiger partial charge in [-0.1, -0.05) is 54.6 Å². The summed E-state index contributed by atoms with van der Waals surface area (Å²) in [6, 6.07) is 26.2. The summed E-state index contributed by atoms with van der Waals surface area (Å²) in [5.41, 5.74) is 7.18. The summed E-state index contributed by atoms with van der Waals surface area (Å²) in [6.45, 7) is 4.72. The van der Waals surface area contributed by atoms with Crippen molar-refractivity contribution in [1.29, 1.82) is 5.26 Å². The fraction of sp³-hybridized carbons (Fsp3) is 0.148. The molecule has 0 aliphatic heterocycles. The molecule has 0 amide bonds. The monoisotopic (exact) mass is 477 g/mol. The van der Waals surface area contributed by atoms with Crippen molar-refractivity contribution in [2.75, 3.05) is 0 Å². The van der Waals surface area contributed by atoms with Crippen LogP contribution in [0.3, 0.4) is 0 Å². The number of hydrogen-bond acceptors (Lipinski definition) is 6. The first-order valence-electron chi connectivity index (χ1n) is 11.2. The predicted molar refractivity (Wildman–Crippen MR) is 136 cm³/mol. The summed E-state index contributed by atoms with van der Waals surface area (Å²) in [5, 5.41) is 27.4. The second kappa shape index (κ2) is 9.95. The molecule has 0 aliphatic rings. The molecule has 0 spiro atoms. The fourth-order valence-electron chi connectivity index (χ4n) is 3.85. The maximum Gasteiger partial charge on any atom is 0.186 e. The van der Waals surface area contributed by atoms with Crippen LogP contribution in [0.1, 0.15) is 27.8 Å². The smallest absolute Gasteiger partial charge is 0.186 e. The van der Waals surface area contributed by atoms with Gasteiger partial charge in [0.25, 0.3) is 0 Å². The Bertz CT molecular complexity index is 1500. The summed E-state index contributed by atoms with van der Waals surface area (Å²) in [5.74, 6) is 1.45. The van der Waals surface area contributed by atoms with E-state index < -0.39 is 0 Å². The molecule has 8 heteroatoms. The summed E-state index contributed by atoms with van der Waals surface area (Å²) in [7, 11) is 0. The molecule has 5 aromatic rings. The van der Waals surface area contributed by atoms with Crippen molar-refractivity contribution < 1.29 is 0 Å². The number of tetrazole rings is 1. The number of rotatable bonds is 7. The highest BCUT2D eigenvalue weighted by Crippen LogP contribution is 2.35. The minimum atomic E-state index is 0.492. The van der Waals surface area contributed by atoms with Crippen molar-refractivity contribution in [3.8, 4) is 23.1 Å². The zero-order valence-corrected chi connectivity index (χ0v) is 20.3. The highest BCUT2D eigenvalue weighted by Gasteiger charge is 2.21. The first-order chi connectivity index (χ1) is 17.1. The molecule has 35 heavy (non-hydrogen) atoms. The molecule has 2 aromatic heterocycles. The Morgan fingerprint density at radius 1 is 0.914 bits per heavy atom. The molecule has 0 N–H and O–H groups in total. The Balaban J connectivity index is 1.55. The van der Waals surface area contributed by atoms with Crippen molar-refractivity contribution >= 4 is 11.8 Å². The number of hydrogen-bond donors (Lipinski definition) is 0. The largest absolute Gasteiger partial charge is 0.226 e. The maximum atomic E-state index is 9.08. The van der Waals surface area contributed by atoms with Gasteiger partial charge in [0.1, 0.15) is 5.03 Å². The van der Waals surface area contributed by atoms with Gasteiger partial charge in [-0.25, -0.2) is 9.36 Å². The lowest BCUT2D eigenvalue weighted by Gasteiger charge is -2.13. The van der Waals surface area contributed by atoms with Crippen molar-refractivity contribution in [1.82, 2.24) is 30.0 Å². The van der Waals surface area contributed by atoms with Crippen LogP contribution in [0.4, 0.5) is 0 Å².